The molecule has 1 aliphatic heterocycles. The van der Waals surface area contributed by atoms with E-state index >= 15 is 0 Å². The molecular weight excluding hydrogens is 512 g/mol. The zero-order valence-electron chi connectivity index (χ0n) is 19.6. The number of nitrogens with zero attached hydrogens (tertiary/aromatic N) is 1. The predicted molar refractivity (Wildman–Crippen MR) is 134 cm³/mol. The number of amides is 3. The first-order valence-electron chi connectivity index (χ1n) is 11.6. The van der Waals surface area contributed by atoms with Crippen LogP contribution in [-0.2, 0) is 19.1 Å². The van der Waals surface area contributed by atoms with Crippen LogP contribution in [0.1, 0.15) is 34.8 Å². The maximum Gasteiger partial charge on any atom is 0.338 e. The van der Waals surface area contributed by atoms with Crippen LogP contribution >= 0.6 is 15.9 Å². The topological polar surface area (TPSA) is 92.8 Å². The third-order valence-electron chi connectivity index (χ3n) is 7.57. The van der Waals surface area contributed by atoms with Crippen molar-refractivity contribution in [3.8, 4) is 0 Å². The lowest BCUT2D eigenvalue weighted by atomic mass is 9.82. The number of nitrogens with one attached hydrogen (secondary N) is 1. The molecule has 2 aromatic carbocycles. The molecule has 5 rings (SSSR count). The molecule has 2 fully saturated rings. The monoisotopic (exact) mass is 536 g/mol. The Balaban J connectivity index is 1.21. The lowest BCUT2D eigenvalue weighted by Crippen LogP contribution is -2.33. The average Bonchev–Trinajstić information content (AvgIpc) is 3.48. The summed E-state index contributed by atoms with van der Waals surface area (Å²) in [5.74, 6) is -1.71. The van der Waals surface area contributed by atoms with Gasteiger partial charge in [-0.15, -0.1) is 0 Å². The van der Waals surface area contributed by atoms with Crippen molar-refractivity contribution in [3.05, 3.63) is 69.2 Å². The van der Waals surface area contributed by atoms with Gasteiger partial charge in [0, 0.05) is 10.2 Å². The second-order valence-corrected chi connectivity index (χ2v) is 10.4. The lowest BCUT2D eigenvalue weighted by molar-refractivity contribution is -0.123. The molecule has 7 nitrogen and oxygen atoms in total. The predicted octanol–water partition coefficient (Wildman–Crippen LogP) is 4.56. The SMILES string of the molecule is CC1=C[C@H]2C[C@H]1[C@H]1C(=O)N(c3ccc(C(=O)OCC(=O)Nc4ccc(Br)c(C)c4C)cc3)C(=O)[C@@H]12. The summed E-state index contributed by atoms with van der Waals surface area (Å²) in [5, 5.41) is 2.75. The standard InChI is InChI=1S/C27H25BrN2O5/c1-13-10-17-11-19(13)24-23(17)25(32)30(26(24)33)18-6-4-16(5-7-18)27(34)35-12-22(31)29-21-9-8-20(28)14(2)15(21)3/h4-10,17,19,23-24H,11-12H2,1-3H3,(H,29,31)/t17-,19+,23+,24+/m0/s1. The van der Waals surface area contributed by atoms with Gasteiger partial charge in [-0.3, -0.25) is 19.3 Å². The van der Waals surface area contributed by atoms with E-state index < -0.39 is 18.5 Å². The van der Waals surface area contributed by atoms with E-state index in [9.17, 15) is 19.2 Å². The minimum Gasteiger partial charge on any atom is -0.452 e. The zero-order chi connectivity index (χ0) is 25.0. The summed E-state index contributed by atoms with van der Waals surface area (Å²) in [7, 11) is 0. The fourth-order valence-electron chi connectivity index (χ4n) is 5.60. The number of hydrogen-bond donors (Lipinski definition) is 1. The van der Waals surface area contributed by atoms with Gasteiger partial charge in [-0.05, 0) is 86.6 Å². The number of benzene rings is 2. The molecule has 2 bridgehead atoms. The summed E-state index contributed by atoms with van der Waals surface area (Å²) < 4.78 is 6.10. The highest BCUT2D eigenvalue weighted by Crippen LogP contribution is 2.55. The number of esters is 1. The number of imide groups is 1. The van der Waals surface area contributed by atoms with Crippen LogP contribution in [-0.4, -0.2) is 30.3 Å². The molecule has 0 unspecified atom stereocenters. The Hall–Kier alpha value is -3.26. The Kier molecular flexibility index (Phi) is 5.87. The van der Waals surface area contributed by atoms with E-state index in [0.29, 0.717) is 11.4 Å². The number of hydrogen-bond acceptors (Lipinski definition) is 5. The van der Waals surface area contributed by atoms with Gasteiger partial charge in [0.2, 0.25) is 11.8 Å². The van der Waals surface area contributed by atoms with Crippen molar-refractivity contribution in [1.82, 2.24) is 0 Å². The average molecular weight is 537 g/mol. The van der Waals surface area contributed by atoms with Crippen molar-refractivity contribution >= 4 is 51.0 Å². The van der Waals surface area contributed by atoms with Crippen LogP contribution in [0, 0.1) is 37.5 Å². The third kappa shape index (κ3) is 3.89. The van der Waals surface area contributed by atoms with Crippen molar-refractivity contribution in [3.63, 3.8) is 0 Å². The summed E-state index contributed by atoms with van der Waals surface area (Å²) >= 11 is 3.45. The molecule has 0 spiro atoms. The number of carbonyl (C=O) groups is 4. The number of ether oxygens (including phenoxy) is 1. The van der Waals surface area contributed by atoms with E-state index in [0.717, 1.165) is 22.0 Å². The highest BCUT2D eigenvalue weighted by Gasteiger charge is 2.60. The van der Waals surface area contributed by atoms with E-state index in [1.165, 1.54) is 22.6 Å². The minimum atomic E-state index is -0.663. The molecule has 2 aromatic rings. The first-order valence-corrected chi connectivity index (χ1v) is 12.4. The number of allylic oxidation sites excluding steroid dienone is 2. The van der Waals surface area contributed by atoms with Crippen molar-refractivity contribution in [2.75, 3.05) is 16.8 Å². The quantitative estimate of drug-likeness (QED) is 0.343. The fourth-order valence-corrected chi connectivity index (χ4v) is 6.03. The Bertz CT molecular complexity index is 1300. The highest BCUT2D eigenvalue weighted by molar-refractivity contribution is 9.10. The number of fused-ring (bicyclic) bond motifs is 5. The smallest absolute Gasteiger partial charge is 0.338 e. The van der Waals surface area contributed by atoms with Crippen molar-refractivity contribution in [2.24, 2.45) is 23.7 Å². The number of rotatable bonds is 5. The molecule has 0 aromatic heterocycles. The van der Waals surface area contributed by atoms with Gasteiger partial charge in [0.05, 0.1) is 23.1 Å². The van der Waals surface area contributed by atoms with Gasteiger partial charge in [-0.1, -0.05) is 27.6 Å². The molecule has 1 saturated heterocycles. The summed E-state index contributed by atoms with van der Waals surface area (Å²) in [6, 6.07) is 9.78. The molecule has 1 N–H and O–H groups in total. The van der Waals surface area contributed by atoms with Gasteiger partial charge in [0.25, 0.3) is 5.91 Å². The molecule has 1 heterocycles. The van der Waals surface area contributed by atoms with Gasteiger partial charge in [-0.25, -0.2) is 4.79 Å². The minimum absolute atomic E-state index is 0.136. The van der Waals surface area contributed by atoms with Crippen LogP contribution in [0.5, 0.6) is 0 Å². The van der Waals surface area contributed by atoms with Gasteiger partial charge >= 0.3 is 5.97 Å². The van der Waals surface area contributed by atoms with Crippen LogP contribution < -0.4 is 10.2 Å². The fraction of sp³-hybridized carbons (Fsp3) is 0.333. The van der Waals surface area contributed by atoms with Crippen LogP contribution in [0.3, 0.4) is 0 Å². The number of carbonyl (C=O) groups excluding carboxylic acids is 4. The van der Waals surface area contributed by atoms with Gasteiger partial charge in [0.1, 0.15) is 0 Å². The summed E-state index contributed by atoms with van der Waals surface area (Å²) in [5.41, 5.74) is 4.46. The Morgan fingerprint density at radius 1 is 1.00 bits per heavy atom. The van der Waals surface area contributed by atoms with E-state index in [1.807, 2.05) is 26.8 Å². The first kappa shape index (κ1) is 23.5. The van der Waals surface area contributed by atoms with E-state index in [-0.39, 0.29) is 41.0 Å². The van der Waals surface area contributed by atoms with Crippen LogP contribution in [0.25, 0.3) is 0 Å². The second-order valence-electron chi connectivity index (χ2n) is 9.50. The molecule has 1 saturated carbocycles. The van der Waals surface area contributed by atoms with E-state index in [2.05, 4.69) is 27.3 Å². The largest absolute Gasteiger partial charge is 0.452 e. The molecule has 8 heteroatoms. The molecule has 35 heavy (non-hydrogen) atoms. The Labute approximate surface area is 211 Å². The van der Waals surface area contributed by atoms with E-state index in [4.69, 9.17) is 4.74 Å². The van der Waals surface area contributed by atoms with Crippen molar-refractivity contribution < 1.29 is 23.9 Å². The van der Waals surface area contributed by atoms with Gasteiger partial charge in [-0.2, -0.15) is 0 Å². The summed E-state index contributed by atoms with van der Waals surface area (Å²) in [6.07, 6.45) is 3.01. The van der Waals surface area contributed by atoms with Crippen molar-refractivity contribution in [2.45, 2.75) is 27.2 Å². The zero-order valence-corrected chi connectivity index (χ0v) is 21.2. The van der Waals surface area contributed by atoms with Crippen LogP contribution in [0.15, 0.2) is 52.5 Å². The van der Waals surface area contributed by atoms with Crippen LogP contribution in [0.4, 0.5) is 11.4 Å². The third-order valence-corrected chi connectivity index (χ3v) is 8.43. The Morgan fingerprint density at radius 2 is 1.69 bits per heavy atom. The molecule has 3 aliphatic rings. The van der Waals surface area contributed by atoms with E-state index in [1.54, 1.807) is 18.2 Å². The summed E-state index contributed by atoms with van der Waals surface area (Å²) in [6.45, 7) is 5.44. The van der Waals surface area contributed by atoms with Gasteiger partial charge in [0.15, 0.2) is 6.61 Å². The number of anilines is 2. The molecule has 2 aliphatic carbocycles. The molecule has 3 amide bonds. The Morgan fingerprint density at radius 3 is 2.40 bits per heavy atom. The molecule has 180 valence electrons. The number of halogens is 1. The molecule has 0 radical (unpaired) electrons. The molecular formula is C27H25BrN2O5. The second kappa shape index (κ2) is 8.75. The highest BCUT2D eigenvalue weighted by atomic mass is 79.9. The molecule has 4 atom stereocenters. The maximum atomic E-state index is 13.1. The normalized spacial score (nSPS) is 24.5. The maximum absolute atomic E-state index is 13.1. The summed E-state index contributed by atoms with van der Waals surface area (Å²) in [4.78, 5) is 52.1. The lowest BCUT2D eigenvalue weighted by Gasteiger charge is -2.19. The van der Waals surface area contributed by atoms with Gasteiger partial charge < -0.3 is 10.1 Å². The van der Waals surface area contributed by atoms with Crippen LogP contribution in [0.2, 0.25) is 0 Å². The van der Waals surface area contributed by atoms with Crippen molar-refractivity contribution in [1.29, 1.82) is 0 Å². The first-order chi connectivity index (χ1) is 16.7.